The molecule has 0 aliphatic rings. The van der Waals surface area contributed by atoms with Gasteiger partial charge in [0.05, 0.1) is 11.6 Å². The summed E-state index contributed by atoms with van der Waals surface area (Å²) in [6, 6.07) is 9.93. The van der Waals surface area contributed by atoms with E-state index < -0.39 is 0 Å². The van der Waals surface area contributed by atoms with Crippen LogP contribution >= 0.6 is 0 Å². The maximum atomic E-state index is 8.77. The predicted molar refractivity (Wildman–Crippen MR) is 79.0 cm³/mol. The molecule has 4 heteroatoms. The van der Waals surface area contributed by atoms with E-state index in [4.69, 9.17) is 5.26 Å². The van der Waals surface area contributed by atoms with Gasteiger partial charge in [-0.3, -0.25) is 0 Å². The van der Waals surface area contributed by atoms with Crippen molar-refractivity contribution in [2.45, 2.75) is 19.4 Å². The van der Waals surface area contributed by atoms with Crippen LogP contribution in [0.5, 0.6) is 0 Å². The zero-order valence-corrected chi connectivity index (χ0v) is 12.1. The summed E-state index contributed by atoms with van der Waals surface area (Å²) in [5.41, 5.74) is 1.95. The van der Waals surface area contributed by atoms with Crippen LogP contribution in [0, 0.1) is 11.3 Å². The molecule has 0 saturated heterocycles. The van der Waals surface area contributed by atoms with E-state index in [1.165, 1.54) is 5.56 Å². The van der Waals surface area contributed by atoms with Gasteiger partial charge >= 0.3 is 0 Å². The Balaban J connectivity index is 1.76. The van der Waals surface area contributed by atoms with Gasteiger partial charge in [0.25, 0.3) is 0 Å². The minimum atomic E-state index is 0.714. The van der Waals surface area contributed by atoms with E-state index >= 15 is 0 Å². The van der Waals surface area contributed by atoms with Gasteiger partial charge in [0, 0.05) is 32.4 Å². The molecule has 0 aliphatic heterocycles. The highest BCUT2D eigenvalue weighted by Crippen LogP contribution is 2.07. The van der Waals surface area contributed by atoms with Crippen LogP contribution in [0.2, 0.25) is 0 Å². The van der Waals surface area contributed by atoms with Crippen molar-refractivity contribution in [1.29, 1.82) is 5.26 Å². The molecule has 0 atom stereocenters. The molecule has 1 aromatic heterocycles. The van der Waals surface area contributed by atoms with Crippen LogP contribution in [0.15, 0.2) is 36.7 Å². The van der Waals surface area contributed by atoms with Crippen LogP contribution in [0.4, 0.5) is 0 Å². The fourth-order valence-electron chi connectivity index (χ4n) is 2.22. The van der Waals surface area contributed by atoms with Crippen molar-refractivity contribution < 1.29 is 0 Å². The Kier molecular flexibility index (Phi) is 4.91. The molecule has 1 aromatic carbocycles. The summed E-state index contributed by atoms with van der Waals surface area (Å²) in [4.78, 5) is 6.63. The normalized spacial score (nSPS) is 10.7. The molecule has 2 aromatic rings. The van der Waals surface area contributed by atoms with Crippen molar-refractivity contribution in [1.82, 2.24) is 14.5 Å². The molecule has 0 spiro atoms. The number of rotatable bonds is 6. The van der Waals surface area contributed by atoms with Crippen molar-refractivity contribution in [3.05, 3.63) is 53.6 Å². The van der Waals surface area contributed by atoms with Crippen LogP contribution in [0.1, 0.15) is 23.4 Å². The monoisotopic (exact) mass is 268 g/mol. The average molecular weight is 268 g/mol. The fourth-order valence-corrected chi connectivity index (χ4v) is 2.22. The molecule has 1 heterocycles. The van der Waals surface area contributed by atoms with Gasteiger partial charge in [0.15, 0.2) is 0 Å². The van der Waals surface area contributed by atoms with Crippen molar-refractivity contribution in [2.75, 3.05) is 13.6 Å². The van der Waals surface area contributed by atoms with E-state index in [9.17, 15) is 0 Å². The van der Waals surface area contributed by atoms with Crippen molar-refractivity contribution in [3.63, 3.8) is 0 Å². The molecule has 4 nitrogen and oxygen atoms in total. The summed E-state index contributed by atoms with van der Waals surface area (Å²) in [5, 5.41) is 8.77. The Bertz CT molecular complexity index is 577. The number of aryl methyl sites for hydroxylation is 2. The van der Waals surface area contributed by atoms with Gasteiger partial charge in [-0.25, -0.2) is 4.98 Å². The lowest BCUT2D eigenvalue weighted by Gasteiger charge is -2.16. The SMILES string of the molecule is CN(CCCc1nccn1C)Cc1ccc(C#N)cc1. The van der Waals surface area contributed by atoms with Gasteiger partial charge in [-0.05, 0) is 37.7 Å². The molecule has 2 rings (SSSR count). The summed E-state index contributed by atoms with van der Waals surface area (Å²) in [5.74, 6) is 1.14. The highest BCUT2D eigenvalue weighted by atomic mass is 15.1. The zero-order valence-electron chi connectivity index (χ0n) is 12.1. The summed E-state index contributed by atoms with van der Waals surface area (Å²) >= 11 is 0. The molecule has 0 bridgehead atoms. The lowest BCUT2D eigenvalue weighted by atomic mass is 10.1. The number of imidazole rings is 1. The van der Waals surface area contributed by atoms with E-state index in [0.717, 1.165) is 31.8 Å². The summed E-state index contributed by atoms with van der Waals surface area (Å²) in [7, 11) is 4.15. The molecule has 0 aliphatic carbocycles. The van der Waals surface area contributed by atoms with Crippen LogP contribution in [-0.2, 0) is 20.0 Å². The summed E-state index contributed by atoms with van der Waals surface area (Å²) in [6.45, 7) is 1.94. The van der Waals surface area contributed by atoms with Crippen LogP contribution in [-0.4, -0.2) is 28.0 Å². The fraction of sp³-hybridized carbons (Fsp3) is 0.375. The minimum Gasteiger partial charge on any atom is -0.338 e. The van der Waals surface area contributed by atoms with Crippen LogP contribution in [0.3, 0.4) is 0 Å². The lowest BCUT2D eigenvalue weighted by Crippen LogP contribution is -2.19. The molecule has 104 valence electrons. The molecule has 0 saturated carbocycles. The van der Waals surface area contributed by atoms with Gasteiger partial charge in [0.1, 0.15) is 5.82 Å². The van der Waals surface area contributed by atoms with Crippen molar-refractivity contribution >= 4 is 0 Å². The van der Waals surface area contributed by atoms with Gasteiger partial charge in [-0.1, -0.05) is 12.1 Å². The molecular formula is C16H20N4. The van der Waals surface area contributed by atoms with E-state index in [1.807, 2.05) is 43.7 Å². The first-order valence-corrected chi connectivity index (χ1v) is 6.83. The highest BCUT2D eigenvalue weighted by Gasteiger charge is 2.03. The molecule has 0 radical (unpaired) electrons. The Morgan fingerprint density at radius 3 is 2.65 bits per heavy atom. The molecule has 0 amide bonds. The third-order valence-electron chi connectivity index (χ3n) is 3.40. The van der Waals surface area contributed by atoms with Gasteiger partial charge in [-0.2, -0.15) is 5.26 Å². The van der Waals surface area contributed by atoms with Crippen LogP contribution < -0.4 is 0 Å². The molecule has 0 N–H and O–H groups in total. The van der Waals surface area contributed by atoms with E-state index in [2.05, 4.69) is 27.6 Å². The Morgan fingerprint density at radius 1 is 1.30 bits per heavy atom. The number of aromatic nitrogens is 2. The topological polar surface area (TPSA) is 44.9 Å². The summed E-state index contributed by atoms with van der Waals surface area (Å²) in [6.07, 6.45) is 5.92. The first kappa shape index (κ1) is 14.3. The highest BCUT2D eigenvalue weighted by molar-refractivity contribution is 5.31. The number of hydrogen-bond donors (Lipinski definition) is 0. The second-order valence-corrected chi connectivity index (χ2v) is 5.10. The third-order valence-corrected chi connectivity index (χ3v) is 3.40. The van der Waals surface area contributed by atoms with Gasteiger partial charge in [0.2, 0.25) is 0 Å². The van der Waals surface area contributed by atoms with Crippen molar-refractivity contribution in [3.8, 4) is 6.07 Å². The molecular weight excluding hydrogens is 248 g/mol. The van der Waals surface area contributed by atoms with Crippen molar-refractivity contribution in [2.24, 2.45) is 7.05 Å². The second-order valence-electron chi connectivity index (χ2n) is 5.10. The number of nitrogens with zero attached hydrogens (tertiary/aromatic N) is 4. The smallest absolute Gasteiger partial charge is 0.108 e. The largest absolute Gasteiger partial charge is 0.338 e. The number of nitriles is 1. The number of hydrogen-bond acceptors (Lipinski definition) is 3. The summed E-state index contributed by atoms with van der Waals surface area (Å²) < 4.78 is 2.07. The molecule has 0 unspecified atom stereocenters. The van der Waals surface area contributed by atoms with E-state index in [0.29, 0.717) is 5.56 Å². The Hall–Kier alpha value is -2.12. The third kappa shape index (κ3) is 3.94. The second kappa shape index (κ2) is 6.88. The first-order chi connectivity index (χ1) is 9.69. The Labute approximate surface area is 120 Å². The van der Waals surface area contributed by atoms with E-state index in [1.54, 1.807) is 0 Å². The van der Waals surface area contributed by atoms with Gasteiger partial charge < -0.3 is 9.47 Å². The quantitative estimate of drug-likeness (QED) is 0.808. The van der Waals surface area contributed by atoms with Crippen LogP contribution in [0.25, 0.3) is 0 Å². The van der Waals surface area contributed by atoms with Gasteiger partial charge in [-0.15, -0.1) is 0 Å². The van der Waals surface area contributed by atoms with E-state index in [-0.39, 0.29) is 0 Å². The molecule has 0 fully saturated rings. The predicted octanol–water partition coefficient (Wildman–Crippen LogP) is 2.36. The maximum absolute atomic E-state index is 8.77. The lowest BCUT2D eigenvalue weighted by molar-refractivity contribution is 0.321. The average Bonchev–Trinajstić information content (AvgIpc) is 2.85. The maximum Gasteiger partial charge on any atom is 0.108 e. The first-order valence-electron chi connectivity index (χ1n) is 6.83. The standard InChI is InChI=1S/C16H20N4/c1-19(10-3-4-16-18-9-11-20(16)2)13-15-7-5-14(12-17)6-8-15/h5-9,11H,3-4,10,13H2,1-2H3. The minimum absolute atomic E-state index is 0.714. The Morgan fingerprint density at radius 2 is 2.05 bits per heavy atom. The number of benzene rings is 1. The zero-order chi connectivity index (χ0) is 14.4. The molecule has 20 heavy (non-hydrogen) atoms.